The van der Waals surface area contributed by atoms with Gasteiger partial charge in [0.05, 0.1) is 11.3 Å². The summed E-state index contributed by atoms with van der Waals surface area (Å²) in [5.41, 5.74) is 9.20. The van der Waals surface area contributed by atoms with Crippen molar-refractivity contribution in [1.82, 2.24) is 9.69 Å². The molecular formula is C25H25F4N5O3S. The highest BCUT2D eigenvalue weighted by Gasteiger charge is 2.38. The fourth-order valence-electron chi connectivity index (χ4n) is 3.60. The molecule has 0 aliphatic carbocycles. The quantitative estimate of drug-likeness (QED) is 0.336. The van der Waals surface area contributed by atoms with E-state index in [-0.39, 0.29) is 40.0 Å². The lowest BCUT2D eigenvalue weighted by Crippen LogP contribution is -2.44. The van der Waals surface area contributed by atoms with E-state index in [0.29, 0.717) is 24.0 Å². The molecule has 0 saturated heterocycles. The van der Waals surface area contributed by atoms with Crippen LogP contribution in [0.4, 0.5) is 28.9 Å². The van der Waals surface area contributed by atoms with Crippen molar-refractivity contribution in [3.8, 4) is 0 Å². The minimum atomic E-state index is -4.75. The number of carbonyl (C=O) groups is 3. The third-order valence-corrected chi connectivity index (χ3v) is 6.39. The molecule has 0 aliphatic rings. The summed E-state index contributed by atoms with van der Waals surface area (Å²) in [6, 6.07) is 6.92. The Kier molecular flexibility index (Phi) is 8.71. The SMILES string of the molecule is CC(C)CCNC(=O)[C@@H](c1ccc(F)cc1)N(C(=O)c1snc(C(N)=O)c1N)c1cccc(C(F)(F)F)c1. The molecule has 0 spiro atoms. The number of nitrogens with one attached hydrogen (secondary N) is 1. The zero-order valence-corrected chi connectivity index (χ0v) is 21.2. The Labute approximate surface area is 219 Å². The van der Waals surface area contributed by atoms with Gasteiger partial charge in [0.15, 0.2) is 5.69 Å². The first-order chi connectivity index (χ1) is 17.8. The summed E-state index contributed by atoms with van der Waals surface area (Å²) >= 11 is 0.513. The van der Waals surface area contributed by atoms with Crippen LogP contribution in [0.15, 0.2) is 48.5 Å². The summed E-state index contributed by atoms with van der Waals surface area (Å²) in [5, 5.41) is 2.70. The first kappa shape index (κ1) is 28.6. The highest BCUT2D eigenvalue weighted by Crippen LogP contribution is 2.37. The summed E-state index contributed by atoms with van der Waals surface area (Å²) < 4.78 is 58.3. The molecule has 5 N–H and O–H groups in total. The number of hydrogen-bond acceptors (Lipinski definition) is 6. The lowest BCUT2D eigenvalue weighted by molar-refractivity contribution is -0.137. The van der Waals surface area contributed by atoms with Crippen molar-refractivity contribution in [2.45, 2.75) is 32.5 Å². The van der Waals surface area contributed by atoms with Gasteiger partial charge in [-0.2, -0.15) is 17.5 Å². The van der Waals surface area contributed by atoms with Gasteiger partial charge in [-0.25, -0.2) is 4.39 Å². The largest absolute Gasteiger partial charge is 0.416 e. The Hall–Kier alpha value is -4.00. The van der Waals surface area contributed by atoms with Crippen LogP contribution in [0.3, 0.4) is 0 Å². The zero-order chi connectivity index (χ0) is 28.2. The van der Waals surface area contributed by atoms with E-state index in [1.54, 1.807) is 0 Å². The van der Waals surface area contributed by atoms with Gasteiger partial charge in [0.1, 0.15) is 16.7 Å². The van der Waals surface area contributed by atoms with E-state index in [1.165, 1.54) is 18.2 Å². The predicted octanol–water partition coefficient (Wildman–Crippen LogP) is 4.53. The number of carbonyl (C=O) groups excluding carboxylic acids is 3. The first-order valence-corrected chi connectivity index (χ1v) is 12.2. The fourth-order valence-corrected chi connectivity index (χ4v) is 4.34. The normalized spacial score (nSPS) is 12.3. The van der Waals surface area contributed by atoms with Crippen molar-refractivity contribution in [2.75, 3.05) is 17.2 Å². The Bertz CT molecular complexity index is 1330. The molecule has 202 valence electrons. The summed E-state index contributed by atoms with van der Waals surface area (Å²) in [6.07, 6.45) is -4.17. The number of nitrogens with two attached hydrogens (primary N) is 2. The van der Waals surface area contributed by atoms with Gasteiger partial charge in [0, 0.05) is 12.2 Å². The lowest BCUT2D eigenvalue weighted by Gasteiger charge is -2.31. The number of halogens is 4. The number of hydrogen-bond donors (Lipinski definition) is 3. The Morgan fingerprint density at radius 1 is 1.11 bits per heavy atom. The van der Waals surface area contributed by atoms with E-state index in [2.05, 4.69) is 9.69 Å². The number of amides is 3. The first-order valence-electron chi connectivity index (χ1n) is 11.4. The second-order valence-corrected chi connectivity index (χ2v) is 9.56. The standard InChI is InChI=1S/C25H25F4N5O3S/c1-13(2)10-11-32-23(36)20(14-6-8-16(26)9-7-14)34(17-5-3-4-15(12-17)25(27,28)29)24(37)21-18(30)19(22(31)35)33-38-21/h3-9,12-13,20H,10-11,30H2,1-2H3,(H2,31,35)(H,32,36)/t20-/m1/s1. The van der Waals surface area contributed by atoms with E-state index < -0.39 is 41.3 Å². The number of rotatable bonds is 9. The van der Waals surface area contributed by atoms with Gasteiger partial charge in [0.25, 0.3) is 11.8 Å². The molecule has 0 fully saturated rings. The minimum absolute atomic E-state index is 0.123. The maximum Gasteiger partial charge on any atom is 0.416 e. The number of primary amides is 1. The van der Waals surface area contributed by atoms with Crippen molar-refractivity contribution in [2.24, 2.45) is 11.7 Å². The molecule has 3 aromatic rings. The maximum absolute atomic E-state index is 13.9. The molecule has 13 heteroatoms. The van der Waals surface area contributed by atoms with Gasteiger partial charge < -0.3 is 16.8 Å². The number of nitrogen functional groups attached to an aromatic ring is 1. The molecule has 8 nitrogen and oxygen atoms in total. The van der Waals surface area contributed by atoms with Crippen LogP contribution in [-0.2, 0) is 11.0 Å². The maximum atomic E-state index is 13.9. The van der Waals surface area contributed by atoms with Crippen LogP contribution in [0.25, 0.3) is 0 Å². The monoisotopic (exact) mass is 551 g/mol. The van der Waals surface area contributed by atoms with Gasteiger partial charge in [-0.15, -0.1) is 0 Å². The molecule has 3 amide bonds. The molecule has 1 aromatic heterocycles. The Morgan fingerprint density at radius 2 is 1.76 bits per heavy atom. The highest BCUT2D eigenvalue weighted by molar-refractivity contribution is 7.09. The average Bonchev–Trinajstić information content (AvgIpc) is 3.23. The Balaban J connectivity index is 2.22. The molecule has 2 aromatic carbocycles. The van der Waals surface area contributed by atoms with Crippen LogP contribution in [0.2, 0.25) is 0 Å². The fraction of sp³-hybridized carbons (Fsp3) is 0.280. The summed E-state index contributed by atoms with van der Waals surface area (Å²) in [7, 11) is 0. The van der Waals surface area contributed by atoms with E-state index in [1.807, 2.05) is 13.8 Å². The molecule has 3 rings (SSSR count). The van der Waals surface area contributed by atoms with Crippen LogP contribution in [0.5, 0.6) is 0 Å². The van der Waals surface area contributed by atoms with Crippen LogP contribution >= 0.6 is 11.5 Å². The molecule has 0 saturated carbocycles. The number of anilines is 2. The lowest BCUT2D eigenvalue weighted by atomic mass is 10.0. The molecule has 38 heavy (non-hydrogen) atoms. The van der Waals surface area contributed by atoms with Crippen LogP contribution in [-0.4, -0.2) is 28.6 Å². The molecule has 1 atom stereocenters. The molecule has 0 radical (unpaired) electrons. The topological polar surface area (TPSA) is 131 Å². The third kappa shape index (κ3) is 6.46. The van der Waals surface area contributed by atoms with Crippen molar-refractivity contribution in [3.05, 3.63) is 76.0 Å². The van der Waals surface area contributed by atoms with Gasteiger partial charge in [0.2, 0.25) is 5.91 Å². The summed E-state index contributed by atoms with van der Waals surface area (Å²) in [4.78, 5) is 39.5. The van der Waals surface area contributed by atoms with Gasteiger partial charge in [-0.05, 0) is 59.8 Å². The van der Waals surface area contributed by atoms with E-state index >= 15 is 0 Å². The van der Waals surface area contributed by atoms with Crippen molar-refractivity contribution in [1.29, 1.82) is 0 Å². The molecule has 1 heterocycles. The molecule has 0 bridgehead atoms. The van der Waals surface area contributed by atoms with Crippen LogP contribution in [0.1, 0.15) is 57.6 Å². The van der Waals surface area contributed by atoms with Crippen molar-refractivity contribution in [3.63, 3.8) is 0 Å². The number of aromatic nitrogens is 1. The van der Waals surface area contributed by atoms with Gasteiger partial charge >= 0.3 is 6.18 Å². The van der Waals surface area contributed by atoms with E-state index in [9.17, 15) is 31.9 Å². The van der Waals surface area contributed by atoms with Crippen LogP contribution < -0.4 is 21.7 Å². The summed E-state index contributed by atoms with van der Waals surface area (Å²) in [5.74, 6) is -3.13. The predicted molar refractivity (Wildman–Crippen MR) is 135 cm³/mol. The number of nitrogens with zero attached hydrogens (tertiary/aromatic N) is 2. The van der Waals surface area contributed by atoms with Crippen LogP contribution in [0, 0.1) is 11.7 Å². The molecule has 0 aliphatic heterocycles. The highest BCUT2D eigenvalue weighted by atomic mass is 32.1. The van der Waals surface area contributed by atoms with Gasteiger partial charge in [-0.1, -0.05) is 32.0 Å². The second-order valence-electron chi connectivity index (χ2n) is 8.79. The smallest absolute Gasteiger partial charge is 0.395 e. The van der Waals surface area contributed by atoms with Gasteiger partial charge in [-0.3, -0.25) is 19.3 Å². The minimum Gasteiger partial charge on any atom is -0.395 e. The van der Waals surface area contributed by atoms with E-state index in [4.69, 9.17) is 11.5 Å². The van der Waals surface area contributed by atoms with Crippen molar-refractivity contribution >= 4 is 40.6 Å². The molecular weight excluding hydrogens is 526 g/mol. The number of benzene rings is 2. The number of alkyl halides is 3. The van der Waals surface area contributed by atoms with E-state index in [0.717, 1.165) is 29.2 Å². The van der Waals surface area contributed by atoms with Crippen molar-refractivity contribution < 1.29 is 31.9 Å². The molecule has 0 unspecified atom stereocenters. The second kappa shape index (κ2) is 11.6. The third-order valence-electron chi connectivity index (χ3n) is 5.54. The zero-order valence-electron chi connectivity index (χ0n) is 20.4. The average molecular weight is 552 g/mol. The summed E-state index contributed by atoms with van der Waals surface area (Å²) in [6.45, 7) is 4.09. The Morgan fingerprint density at radius 3 is 2.32 bits per heavy atom.